The Morgan fingerprint density at radius 1 is 0.833 bits per heavy atom. The van der Waals surface area contributed by atoms with Crippen molar-refractivity contribution in [3.05, 3.63) is 24.0 Å². The van der Waals surface area contributed by atoms with Gasteiger partial charge in [0.1, 0.15) is 5.76 Å². The van der Waals surface area contributed by atoms with E-state index in [2.05, 4.69) is 11.8 Å². The first-order chi connectivity index (χ1) is 11.7. The maximum absolute atomic E-state index is 10.3. The first-order valence-corrected chi connectivity index (χ1v) is 9.62. The van der Waals surface area contributed by atoms with Crippen molar-refractivity contribution in [2.45, 2.75) is 96.8 Å². The zero-order chi connectivity index (χ0) is 17.9. The SMILES string of the molecule is CCCCCCCCCCCCCCCC(=CC=CC(=O)O)OO. The van der Waals surface area contributed by atoms with E-state index in [0.717, 1.165) is 18.9 Å². The summed E-state index contributed by atoms with van der Waals surface area (Å²) in [6.45, 7) is 2.25. The van der Waals surface area contributed by atoms with Crippen molar-refractivity contribution in [1.82, 2.24) is 0 Å². The minimum atomic E-state index is -1.01. The molecule has 0 aliphatic carbocycles. The van der Waals surface area contributed by atoms with Crippen LogP contribution in [0.5, 0.6) is 0 Å². The summed E-state index contributed by atoms with van der Waals surface area (Å²) in [5, 5.41) is 17.2. The number of aliphatic carboxylic acids is 1. The van der Waals surface area contributed by atoms with E-state index in [4.69, 9.17) is 10.4 Å². The molecule has 0 saturated carbocycles. The van der Waals surface area contributed by atoms with Crippen molar-refractivity contribution in [2.75, 3.05) is 0 Å². The molecule has 0 aromatic rings. The highest BCUT2D eigenvalue weighted by Gasteiger charge is 1.98. The van der Waals surface area contributed by atoms with Crippen LogP contribution in [0.3, 0.4) is 0 Å². The third-order valence-corrected chi connectivity index (χ3v) is 4.16. The van der Waals surface area contributed by atoms with Gasteiger partial charge in [0.05, 0.1) is 0 Å². The molecule has 0 unspecified atom stereocenters. The van der Waals surface area contributed by atoms with Crippen molar-refractivity contribution in [2.24, 2.45) is 0 Å². The van der Waals surface area contributed by atoms with Gasteiger partial charge in [0.25, 0.3) is 0 Å². The molecule has 0 aromatic carbocycles. The van der Waals surface area contributed by atoms with Crippen molar-refractivity contribution in [1.29, 1.82) is 0 Å². The van der Waals surface area contributed by atoms with Crippen LogP contribution in [0.1, 0.15) is 96.8 Å². The molecule has 0 atom stereocenters. The number of rotatable bonds is 17. The lowest BCUT2D eigenvalue weighted by Crippen LogP contribution is -1.89. The molecular formula is C20H36O4. The van der Waals surface area contributed by atoms with Gasteiger partial charge in [0, 0.05) is 12.5 Å². The summed E-state index contributed by atoms with van der Waals surface area (Å²) in [6, 6.07) is 0. The van der Waals surface area contributed by atoms with E-state index in [0.29, 0.717) is 12.2 Å². The first-order valence-electron chi connectivity index (χ1n) is 9.62. The van der Waals surface area contributed by atoms with Crippen molar-refractivity contribution in [3.63, 3.8) is 0 Å². The van der Waals surface area contributed by atoms with Crippen LogP contribution in [-0.2, 0) is 9.68 Å². The Balaban J connectivity index is 3.39. The summed E-state index contributed by atoms with van der Waals surface area (Å²) in [7, 11) is 0. The van der Waals surface area contributed by atoms with Gasteiger partial charge in [0.15, 0.2) is 0 Å². The molecule has 0 spiro atoms. The van der Waals surface area contributed by atoms with Crippen molar-refractivity contribution < 1.29 is 20.0 Å². The monoisotopic (exact) mass is 340 g/mol. The van der Waals surface area contributed by atoms with E-state index in [1.807, 2.05) is 0 Å². The Hall–Kier alpha value is -1.29. The molecule has 140 valence electrons. The van der Waals surface area contributed by atoms with E-state index >= 15 is 0 Å². The van der Waals surface area contributed by atoms with Crippen LogP contribution in [0.25, 0.3) is 0 Å². The lowest BCUT2D eigenvalue weighted by molar-refractivity contribution is -0.205. The zero-order valence-corrected chi connectivity index (χ0v) is 15.3. The van der Waals surface area contributed by atoms with Crippen LogP contribution in [0.15, 0.2) is 24.0 Å². The highest BCUT2D eigenvalue weighted by molar-refractivity contribution is 5.80. The second-order valence-electron chi connectivity index (χ2n) is 6.41. The Labute approximate surface area is 147 Å². The van der Waals surface area contributed by atoms with Gasteiger partial charge in [-0.15, -0.1) is 0 Å². The van der Waals surface area contributed by atoms with Gasteiger partial charge in [-0.1, -0.05) is 90.0 Å². The fourth-order valence-electron chi connectivity index (χ4n) is 2.71. The summed E-state index contributed by atoms with van der Waals surface area (Å²) >= 11 is 0. The second-order valence-corrected chi connectivity index (χ2v) is 6.41. The van der Waals surface area contributed by atoms with E-state index in [1.165, 1.54) is 82.8 Å². The molecule has 0 fully saturated rings. The number of carbonyl (C=O) groups is 1. The molecule has 0 radical (unpaired) electrons. The standard InChI is InChI=1S/C20H36O4/c1-2-3-4-5-6-7-8-9-10-11-12-13-14-16-19(24-23)17-15-18-20(21)22/h15,17-18,23H,2-14,16H2,1H3,(H,21,22). The number of carboxylic acids is 1. The fourth-order valence-corrected chi connectivity index (χ4v) is 2.71. The summed E-state index contributed by atoms with van der Waals surface area (Å²) in [5.74, 6) is -0.597. The molecule has 0 saturated heterocycles. The quantitative estimate of drug-likeness (QED) is 0.0793. The smallest absolute Gasteiger partial charge is 0.328 e. The lowest BCUT2D eigenvalue weighted by atomic mass is 10.0. The molecule has 0 amide bonds. The third kappa shape index (κ3) is 17.1. The van der Waals surface area contributed by atoms with E-state index in [9.17, 15) is 4.79 Å². The minimum Gasteiger partial charge on any atom is -0.478 e. The molecule has 0 heterocycles. The van der Waals surface area contributed by atoms with Gasteiger partial charge in [-0.25, -0.2) is 10.1 Å². The van der Waals surface area contributed by atoms with Crippen LogP contribution in [-0.4, -0.2) is 16.3 Å². The van der Waals surface area contributed by atoms with Crippen LogP contribution >= 0.6 is 0 Å². The third-order valence-electron chi connectivity index (χ3n) is 4.16. The van der Waals surface area contributed by atoms with Crippen LogP contribution < -0.4 is 0 Å². The largest absolute Gasteiger partial charge is 0.478 e. The summed E-state index contributed by atoms with van der Waals surface area (Å²) in [6.07, 6.45) is 21.4. The Kier molecular flexibility index (Phi) is 17.1. The molecule has 24 heavy (non-hydrogen) atoms. The van der Waals surface area contributed by atoms with Crippen molar-refractivity contribution in [3.8, 4) is 0 Å². The van der Waals surface area contributed by atoms with Gasteiger partial charge >= 0.3 is 5.97 Å². The number of allylic oxidation sites excluding steroid dienone is 3. The lowest BCUT2D eigenvalue weighted by Gasteiger charge is -2.04. The van der Waals surface area contributed by atoms with E-state index < -0.39 is 5.97 Å². The molecule has 4 nitrogen and oxygen atoms in total. The number of unbranched alkanes of at least 4 members (excludes halogenated alkanes) is 12. The Bertz CT molecular complexity index is 348. The normalized spacial score (nSPS) is 12.0. The number of hydrogen-bond donors (Lipinski definition) is 2. The summed E-state index contributed by atoms with van der Waals surface area (Å²) < 4.78 is 0. The number of carboxylic acid groups (broad SMARTS) is 1. The summed E-state index contributed by atoms with van der Waals surface area (Å²) in [5.41, 5.74) is 0. The van der Waals surface area contributed by atoms with Gasteiger partial charge in [-0.2, -0.15) is 0 Å². The van der Waals surface area contributed by atoms with Gasteiger partial charge in [-0.3, -0.25) is 0 Å². The first kappa shape index (κ1) is 22.7. The maximum atomic E-state index is 10.3. The van der Waals surface area contributed by atoms with Gasteiger partial charge < -0.3 is 9.99 Å². The average molecular weight is 341 g/mol. The predicted molar refractivity (Wildman–Crippen MR) is 98.9 cm³/mol. The Morgan fingerprint density at radius 2 is 1.29 bits per heavy atom. The van der Waals surface area contributed by atoms with Gasteiger partial charge in [0.2, 0.25) is 0 Å². The number of hydrogen-bond acceptors (Lipinski definition) is 3. The van der Waals surface area contributed by atoms with Crippen LogP contribution in [0.4, 0.5) is 0 Å². The second kappa shape index (κ2) is 18.1. The highest BCUT2D eigenvalue weighted by Crippen LogP contribution is 2.14. The molecule has 0 bridgehead atoms. The van der Waals surface area contributed by atoms with Crippen molar-refractivity contribution >= 4 is 5.97 Å². The minimum absolute atomic E-state index is 0.413. The predicted octanol–water partition coefficient (Wildman–Crippen LogP) is 6.48. The fraction of sp³-hybridized carbons (Fsp3) is 0.750. The zero-order valence-electron chi connectivity index (χ0n) is 15.3. The molecule has 4 heteroatoms. The van der Waals surface area contributed by atoms with Gasteiger partial charge in [-0.05, 0) is 12.5 Å². The average Bonchev–Trinajstić information content (AvgIpc) is 2.57. The topological polar surface area (TPSA) is 66.8 Å². The summed E-state index contributed by atoms with van der Waals surface area (Å²) in [4.78, 5) is 14.6. The molecular weight excluding hydrogens is 304 g/mol. The molecule has 0 aliphatic rings. The maximum Gasteiger partial charge on any atom is 0.328 e. The van der Waals surface area contributed by atoms with E-state index in [-0.39, 0.29) is 0 Å². The Morgan fingerprint density at radius 3 is 1.71 bits per heavy atom. The molecule has 0 rings (SSSR count). The van der Waals surface area contributed by atoms with Crippen LogP contribution in [0, 0.1) is 0 Å². The molecule has 2 N–H and O–H groups in total. The van der Waals surface area contributed by atoms with E-state index in [1.54, 1.807) is 0 Å². The van der Waals surface area contributed by atoms with Crippen LogP contribution in [0.2, 0.25) is 0 Å². The highest BCUT2D eigenvalue weighted by atomic mass is 17.1. The molecule has 0 aliphatic heterocycles. The molecule has 0 aromatic heterocycles.